The Labute approximate surface area is 135 Å². The van der Waals surface area contributed by atoms with E-state index in [1.54, 1.807) is 0 Å². The molecule has 1 saturated heterocycles. The highest BCUT2D eigenvalue weighted by atomic mass is 16.5. The molecule has 2 fully saturated rings. The van der Waals surface area contributed by atoms with Crippen LogP contribution in [0.25, 0.3) is 11.1 Å². The fourth-order valence-corrected chi connectivity index (χ4v) is 3.23. The van der Waals surface area contributed by atoms with Gasteiger partial charge in [-0.25, -0.2) is 4.98 Å². The number of amides is 1. The average molecular weight is 314 g/mol. The normalized spacial score (nSPS) is 18.6. The number of carbonyl (C=O) groups excluding carboxylic acids is 1. The second-order valence-corrected chi connectivity index (χ2v) is 6.47. The van der Waals surface area contributed by atoms with Crippen molar-refractivity contribution in [3.05, 3.63) is 23.0 Å². The van der Waals surface area contributed by atoms with E-state index in [-0.39, 0.29) is 5.91 Å². The van der Waals surface area contributed by atoms with E-state index < -0.39 is 0 Å². The molecule has 0 atom stereocenters. The highest BCUT2D eigenvalue weighted by Crippen LogP contribution is 2.40. The molecular formula is C17H22N4O2. The predicted octanol–water partition coefficient (Wildman–Crippen LogP) is 2.10. The lowest BCUT2D eigenvalue weighted by Gasteiger charge is -2.27. The van der Waals surface area contributed by atoms with Gasteiger partial charge in [-0.05, 0) is 25.3 Å². The van der Waals surface area contributed by atoms with E-state index in [1.807, 2.05) is 11.0 Å². The molecular weight excluding hydrogens is 292 g/mol. The van der Waals surface area contributed by atoms with Gasteiger partial charge in [0.05, 0.1) is 16.6 Å². The zero-order valence-electron chi connectivity index (χ0n) is 13.5. The molecule has 2 aromatic rings. The molecule has 0 radical (unpaired) electrons. The van der Waals surface area contributed by atoms with Gasteiger partial charge in [0.1, 0.15) is 0 Å². The Morgan fingerprint density at radius 1 is 1.39 bits per heavy atom. The topological polar surface area (TPSA) is 71.3 Å². The van der Waals surface area contributed by atoms with Crippen molar-refractivity contribution in [2.24, 2.45) is 0 Å². The van der Waals surface area contributed by atoms with E-state index in [1.165, 1.54) is 0 Å². The quantitative estimate of drug-likeness (QED) is 0.936. The third kappa shape index (κ3) is 2.72. The van der Waals surface area contributed by atoms with Crippen molar-refractivity contribution in [1.82, 2.24) is 20.4 Å². The summed E-state index contributed by atoms with van der Waals surface area (Å²) in [6, 6.07) is 1.99. The molecule has 1 amide bonds. The van der Waals surface area contributed by atoms with E-state index in [4.69, 9.17) is 4.52 Å². The largest absolute Gasteiger partial charge is 0.336 e. The Morgan fingerprint density at radius 3 is 2.87 bits per heavy atom. The van der Waals surface area contributed by atoms with E-state index in [0.717, 1.165) is 74.2 Å². The predicted molar refractivity (Wildman–Crippen MR) is 86.5 cm³/mol. The summed E-state index contributed by atoms with van der Waals surface area (Å²) in [5, 5.41) is 8.28. The van der Waals surface area contributed by atoms with Gasteiger partial charge in [-0.2, -0.15) is 0 Å². The van der Waals surface area contributed by atoms with Crippen LogP contribution in [0.5, 0.6) is 0 Å². The van der Waals surface area contributed by atoms with E-state index in [9.17, 15) is 4.79 Å². The molecule has 1 aliphatic heterocycles. The fourth-order valence-electron chi connectivity index (χ4n) is 3.23. The number of hydrogen-bond donors (Lipinski definition) is 1. The van der Waals surface area contributed by atoms with E-state index >= 15 is 0 Å². The fraction of sp³-hybridized carbons (Fsp3) is 0.588. The lowest BCUT2D eigenvalue weighted by molar-refractivity contribution is 0.0737. The van der Waals surface area contributed by atoms with Crippen LogP contribution in [-0.4, -0.2) is 47.1 Å². The number of fused-ring (bicyclic) bond motifs is 1. The minimum absolute atomic E-state index is 0.0846. The molecule has 6 heteroatoms. The summed E-state index contributed by atoms with van der Waals surface area (Å²) in [5.41, 5.74) is 3.09. The summed E-state index contributed by atoms with van der Waals surface area (Å²) in [7, 11) is 0. The minimum atomic E-state index is 0.0846. The van der Waals surface area contributed by atoms with Crippen LogP contribution in [-0.2, 0) is 6.42 Å². The smallest absolute Gasteiger partial charge is 0.259 e. The molecule has 23 heavy (non-hydrogen) atoms. The van der Waals surface area contributed by atoms with Crippen LogP contribution in [0.4, 0.5) is 0 Å². The standard InChI is InChI=1S/C17H22N4O2/c1-2-3-13-15-12(17(22)21-8-6-18-7-9-21)10-14(11-4-5-11)19-16(15)23-20-13/h10-11,18H,2-9H2,1H3. The number of piperazine rings is 1. The zero-order chi connectivity index (χ0) is 15.8. The van der Waals surface area contributed by atoms with Gasteiger partial charge < -0.3 is 14.7 Å². The van der Waals surface area contributed by atoms with Crippen LogP contribution in [0.15, 0.2) is 10.6 Å². The Bertz CT molecular complexity index is 730. The maximum atomic E-state index is 13.1. The zero-order valence-corrected chi connectivity index (χ0v) is 13.5. The third-order valence-electron chi connectivity index (χ3n) is 4.65. The van der Waals surface area contributed by atoms with Crippen LogP contribution < -0.4 is 5.32 Å². The van der Waals surface area contributed by atoms with Gasteiger partial charge >= 0.3 is 0 Å². The number of aromatic nitrogens is 2. The summed E-state index contributed by atoms with van der Waals surface area (Å²) in [5.74, 6) is 0.565. The summed E-state index contributed by atoms with van der Waals surface area (Å²) in [4.78, 5) is 19.6. The van der Waals surface area contributed by atoms with Gasteiger partial charge in [0, 0.05) is 37.8 Å². The van der Waals surface area contributed by atoms with Crippen molar-refractivity contribution >= 4 is 17.0 Å². The first-order valence-electron chi connectivity index (χ1n) is 8.57. The van der Waals surface area contributed by atoms with Crippen molar-refractivity contribution in [3.8, 4) is 0 Å². The van der Waals surface area contributed by atoms with Gasteiger partial charge in [-0.15, -0.1) is 0 Å². The molecule has 0 aromatic carbocycles. The molecule has 0 bridgehead atoms. The molecule has 1 N–H and O–H groups in total. The number of aryl methyl sites for hydroxylation is 1. The number of carbonyl (C=O) groups is 1. The number of hydrogen-bond acceptors (Lipinski definition) is 5. The molecule has 0 spiro atoms. The Kier molecular flexibility index (Phi) is 3.77. The van der Waals surface area contributed by atoms with Gasteiger partial charge in [-0.3, -0.25) is 4.79 Å². The molecule has 3 heterocycles. The van der Waals surface area contributed by atoms with Crippen LogP contribution >= 0.6 is 0 Å². The number of nitrogens with one attached hydrogen (secondary N) is 1. The highest BCUT2D eigenvalue weighted by Gasteiger charge is 2.30. The van der Waals surface area contributed by atoms with E-state index in [0.29, 0.717) is 11.6 Å². The van der Waals surface area contributed by atoms with Crippen molar-refractivity contribution in [2.75, 3.05) is 26.2 Å². The lowest BCUT2D eigenvalue weighted by atomic mass is 10.0. The third-order valence-corrected chi connectivity index (χ3v) is 4.65. The number of nitrogens with zero attached hydrogens (tertiary/aromatic N) is 3. The van der Waals surface area contributed by atoms with Crippen LogP contribution in [0.1, 0.15) is 53.8 Å². The Hall–Kier alpha value is -1.95. The lowest BCUT2D eigenvalue weighted by Crippen LogP contribution is -2.46. The molecule has 6 nitrogen and oxygen atoms in total. The van der Waals surface area contributed by atoms with Gasteiger partial charge in [0.2, 0.25) is 0 Å². The first kappa shape index (κ1) is 14.6. The number of pyridine rings is 1. The molecule has 4 rings (SSSR count). The van der Waals surface area contributed by atoms with Gasteiger partial charge in [-0.1, -0.05) is 18.5 Å². The van der Waals surface area contributed by atoms with Crippen LogP contribution in [0.3, 0.4) is 0 Å². The van der Waals surface area contributed by atoms with Crippen molar-refractivity contribution in [1.29, 1.82) is 0 Å². The maximum Gasteiger partial charge on any atom is 0.259 e. The monoisotopic (exact) mass is 314 g/mol. The summed E-state index contributed by atoms with van der Waals surface area (Å²) >= 11 is 0. The summed E-state index contributed by atoms with van der Waals surface area (Å²) in [6.07, 6.45) is 4.07. The summed E-state index contributed by atoms with van der Waals surface area (Å²) in [6.45, 7) is 5.29. The summed E-state index contributed by atoms with van der Waals surface area (Å²) < 4.78 is 5.45. The molecule has 2 aromatic heterocycles. The molecule has 1 saturated carbocycles. The molecule has 0 unspecified atom stereocenters. The minimum Gasteiger partial charge on any atom is -0.336 e. The van der Waals surface area contributed by atoms with Gasteiger partial charge in [0.25, 0.3) is 11.6 Å². The number of rotatable bonds is 4. The molecule has 122 valence electrons. The molecule has 1 aliphatic carbocycles. The SMILES string of the molecule is CCCc1noc2nc(C3CC3)cc(C(=O)N3CCNCC3)c12. The second kappa shape index (κ2) is 5.92. The van der Waals surface area contributed by atoms with Crippen LogP contribution in [0, 0.1) is 0 Å². The highest BCUT2D eigenvalue weighted by molar-refractivity contribution is 6.06. The van der Waals surface area contributed by atoms with Crippen LogP contribution in [0.2, 0.25) is 0 Å². The van der Waals surface area contributed by atoms with Gasteiger partial charge in [0.15, 0.2) is 0 Å². The molecule has 2 aliphatic rings. The van der Waals surface area contributed by atoms with Crippen molar-refractivity contribution < 1.29 is 9.32 Å². The first-order chi connectivity index (χ1) is 11.3. The average Bonchev–Trinajstić information content (AvgIpc) is 3.37. The Balaban J connectivity index is 1.80. The second-order valence-electron chi connectivity index (χ2n) is 6.47. The van der Waals surface area contributed by atoms with Crippen molar-refractivity contribution in [2.45, 2.75) is 38.5 Å². The van der Waals surface area contributed by atoms with Crippen molar-refractivity contribution in [3.63, 3.8) is 0 Å². The first-order valence-corrected chi connectivity index (χ1v) is 8.57. The Morgan fingerprint density at radius 2 is 2.17 bits per heavy atom. The maximum absolute atomic E-state index is 13.1. The van der Waals surface area contributed by atoms with E-state index in [2.05, 4.69) is 22.4 Å².